The van der Waals surface area contributed by atoms with E-state index in [1.807, 2.05) is 23.1 Å². The minimum Gasteiger partial charge on any atom is -0.485 e. The number of hydrogen-bond acceptors (Lipinski definition) is 8. The Bertz CT molecular complexity index is 1110. The van der Waals surface area contributed by atoms with E-state index in [0.717, 1.165) is 0 Å². The summed E-state index contributed by atoms with van der Waals surface area (Å²) in [6.45, 7) is 1.21. The Morgan fingerprint density at radius 2 is 2.03 bits per heavy atom. The molecule has 9 heteroatoms. The molecule has 1 fully saturated rings. The predicted octanol–water partition coefficient (Wildman–Crippen LogP) is 2.11. The van der Waals surface area contributed by atoms with Crippen LogP contribution in [0, 0.1) is 11.3 Å². The maximum atomic E-state index is 11.8. The van der Waals surface area contributed by atoms with Gasteiger partial charge in [-0.25, -0.2) is 9.97 Å². The smallest absolute Gasteiger partial charge is 0.251 e. The molecule has 30 heavy (non-hydrogen) atoms. The van der Waals surface area contributed by atoms with Crippen LogP contribution in [0.5, 0.6) is 5.75 Å². The Balaban J connectivity index is 1.39. The molecule has 0 radical (unpaired) electrons. The van der Waals surface area contributed by atoms with Gasteiger partial charge in [-0.15, -0.1) is 0 Å². The van der Waals surface area contributed by atoms with Crippen LogP contribution in [0.3, 0.4) is 0 Å². The third-order valence-corrected chi connectivity index (χ3v) is 4.60. The zero-order chi connectivity index (χ0) is 20.9. The molecule has 1 aromatic heterocycles. The third kappa shape index (κ3) is 4.12. The Morgan fingerprint density at radius 3 is 2.83 bits per heavy atom. The van der Waals surface area contributed by atoms with E-state index < -0.39 is 0 Å². The quantitative estimate of drug-likeness (QED) is 0.645. The number of nitrogens with one attached hydrogen (secondary N) is 2. The molecule has 1 amide bonds. The van der Waals surface area contributed by atoms with Gasteiger partial charge < -0.3 is 20.3 Å². The van der Waals surface area contributed by atoms with Gasteiger partial charge in [0.1, 0.15) is 24.3 Å². The first-order valence-corrected chi connectivity index (χ1v) is 9.35. The number of para-hydroxylation sites is 1. The number of nitrogens with zero attached hydrogens (tertiary/aromatic N) is 5. The molecule has 1 aliphatic heterocycles. The largest absolute Gasteiger partial charge is 0.485 e. The lowest BCUT2D eigenvalue weighted by atomic mass is 10.1. The van der Waals surface area contributed by atoms with Crippen molar-refractivity contribution in [2.45, 2.75) is 6.10 Å². The summed E-state index contributed by atoms with van der Waals surface area (Å²) < 4.78 is 5.91. The second-order valence-electron chi connectivity index (χ2n) is 6.65. The molecule has 2 heterocycles. The van der Waals surface area contributed by atoms with Gasteiger partial charge in [-0.1, -0.05) is 18.2 Å². The second kappa shape index (κ2) is 8.45. The van der Waals surface area contributed by atoms with E-state index in [9.17, 15) is 4.79 Å². The molecule has 150 valence electrons. The minimum atomic E-state index is -0.167. The molecule has 0 unspecified atom stereocenters. The molecule has 0 spiro atoms. The fourth-order valence-corrected chi connectivity index (χ4v) is 3.03. The summed E-state index contributed by atoms with van der Waals surface area (Å²) >= 11 is 0. The molecular weight excluding hydrogens is 382 g/mol. The molecule has 2 N–H and O–H groups in total. The molecule has 0 saturated carbocycles. The lowest BCUT2D eigenvalue weighted by Gasteiger charge is -2.38. The van der Waals surface area contributed by atoms with E-state index in [4.69, 9.17) is 10.00 Å². The molecular formula is C21H19N7O2. The van der Waals surface area contributed by atoms with Crippen LogP contribution in [0.1, 0.15) is 15.9 Å². The highest BCUT2D eigenvalue weighted by molar-refractivity contribution is 5.95. The fraction of sp³-hybridized carbons (Fsp3) is 0.190. The zero-order valence-electron chi connectivity index (χ0n) is 16.2. The highest BCUT2D eigenvalue weighted by atomic mass is 16.5. The van der Waals surface area contributed by atoms with Crippen molar-refractivity contribution < 1.29 is 9.53 Å². The number of ether oxygens (including phenoxy) is 1. The Morgan fingerprint density at radius 1 is 1.20 bits per heavy atom. The summed E-state index contributed by atoms with van der Waals surface area (Å²) in [5.41, 5.74) is 1.75. The van der Waals surface area contributed by atoms with Gasteiger partial charge >= 0.3 is 0 Å². The van der Waals surface area contributed by atoms with Crippen molar-refractivity contribution in [3.8, 4) is 11.8 Å². The van der Waals surface area contributed by atoms with Crippen molar-refractivity contribution >= 4 is 23.5 Å². The maximum absolute atomic E-state index is 11.8. The first-order chi connectivity index (χ1) is 14.7. The number of rotatable bonds is 6. The van der Waals surface area contributed by atoms with E-state index in [0.29, 0.717) is 47.5 Å². The number of hydrogen-bond donors (Lipinski definition) is 2. The molecule has 9 nitrogen and oxygen atoms in total. The van der Waals surface area contributed by atoms with Crippen LogP contribution in [0.2, 0.25) is 0 Å². The van der Waals surface area contributed by atoms with Crippen LogP contribution >= 0.6 is 0 Å². The molecule has 1 saturated heterocycles. The first kappa shape index (κ1) is 19.1. The van der Waals surface area contributed by atoms with E-state index in [1.54, 1.807) is 37.4 Å². The summed E-state index contributed by atoms with van der Waals surface area (Å²) in [5.74, 6) is 1.33. The zero-order valence-corrected chi connectivity index (χ0v) is 16.2. The molecule has 0 atom stereocenters. The number of nitriles is 1. The molecule has 0 bridgehead atoms. The average Bonchev–Trinajstić information content (AvgIpc) is 2.76. The van der Waals surface area contributed by atoms with E-state index in [2.05, 4.69) is 31.7 Å². The van der Waals surface area contributed by atoms with Gasteiger partial charge in [0.05, 0.1) is 18.7 Å². The number of carbonyl (C=O) groups excluding carboxylic acids is 1. The predicted molar refractivity (Wildman–Crippen MR) is 111 cm³/mol. The Kier molecular flexibility index (Phi) is 5.39. The lowest BCUT2D eigenvalue weighted by Crippen LogP contribution is -2.54. The normalized spacial score (nSPS) is 13.1. The molecule has 3 aromatic rings. The summed E-state index contributed by atoms with van der Waals surface area (Å²) in [6.07, 6.45) is 1.39. The van der Waals surface area contributed by atoms with Gasteiger partial charge in [0.2, 0.25) is 11.9 Å². The monoisotopic (exact) mass is 401 g/mol. The summed E-state index contributed by atoms with van der Waals surface area (Å²) in [7, 11) is 1.59. The highest BCUT2D eigenvalue weighted by Gasteiger charge is 2.31. The van der Waals surface area contributed by atoms with Gasteiger partial charge in [-0.2, -0.15) is 10.2 Å². The van der Waals surface area contributed by atoms with Gasteiger partial charge in [0, 0.05) is 18.3 Å². The first-order valence-electron chi connectivity index (χ1n) is 9.35. The number of amides is 1. The Hall–Kier alpha value is -4.19. The van der Waals surface area contributed by atoms with Crippen molar-refractivity contribution in [3.63, 3.8) is 0 Å². The van der Waals surface area contributed by atoms with Crippen molar-refractivity contribution in [3.05, 3.63) is 66.0 Å². The van der Waals surface area contributed by atoms with Crippen LogP contribution in [-0.4, -0.2) is 47.1 Å². The van der Waals surface area contributed by atoms with Gasteiger partial charge in [-0.3, -0.25) is 4.79 Å². The number of benzene rings is 2. The van der Waals surface area contributed by atoms with E-state index >= 15 is 0 Å². The Labute approximate surface area is 173 Å². The summed E-state index contributed by atoms with van der Waals surface area (Å²) in [4.78, 5) is 26.6. The SMILES string of the molecule is CNC(=O)c1cccc(Nc2ncnc(N3CC(Oc4ccccc4C#N)C3)n2)c1. The topological polar surface area (TPSA) is 116 Å². The van der Waals surface area contributed by atoms with E-state index in [-0.39, 0.29) is 12.0 Å². The van der Waals surface area contributed by atoms with Gasteiger partial charge in [0.25, 0.3) is 5.91 Å². The fourth-order valence-electron chi connectivity index (χ4n) is 3.03. The minimum absolute atomic E-state index is 0.0445. The van der Waals surface area contributed by atoms with Crippen LogP contribution in [0.4, 0.5) is 17.6 Å². The summed E-state index contributed by atoms with van der Waals surface area (Å²) in [5, 5.41) is 14.9. The number of carbonyl (C=O) groups is 1. The maximum Gasteiger partial charge on any atom is 0.251 e. The highest BCUT2D eigenvalue weighted by Crippen LogP contribution is 2.24. The standard InChI is InChI=1S/C21H19N7O2/c1-23-19(29)14-6-4-7-16(9-14)26-20-24-13-25-21(27-20)28-11-17(12-28)30-18-8-3-2-5-15(18)10-22/h2-9,13,17H,11-12H2,1H3,(H,23,29)(H,24,25,26,27). The third-order valence-electron chi connectivity index (χ3n) is 4.60. The van der Waals surface area contributed by atoms with Crippen LogP contribution in [0.15, 0.2) is 54.9 Å². The van der Waals surface area contributed by atoms with Crippen LogP contribution in [-0.2, 0) is 0 Å². The molecule has 4 rings (SSSR count). The van der Waals surface area contributed by atoms with Gasteiger partial charge in [0.15, 0.2) is 0 Å². The molecule has 1 aliphatic rings. The van der Waals surface area contributed by atoms with Crippen LogP contribution in [0.25, 0.3) is 0 Å². The van der Waals surface area contributed by atoms with Crippen LogP contribution < -0.4 is 20.3 Å². The van der Waals surface area contributed by atoms with E-state index in [1.165, 1.54) is 6.33 Å². The van der Waals surface area contributed by atoms with Crippen molar-refractivity contribution in [2.75, 3.05) is 30.4 Å². The van der Waals surface area contributed by atoms with Crippen molar-refractivity contribution in [1.29, 1.82) is 5.26 Å². The van der Waals surface area contributed by atoms with Crippen molar-refractivity contribution in [1.82, 2.24) is 20.3 Å². The lowest BCUT2D eigenvalue weighted by molar-refractivity contribution is 0.0963. The summed E-state index contributed by atoms with van der Waals surface area (Å²) in [6, 6.07) is 16.4. The average molecular weight is 401 g/mol. The second-order valence-corrected chi connectivity index (χ2v) is 6.65. The molecule has 0 aliphatic carbocycles. The van der Waals surface area contributed by atoms with Crippen molar-refractivity contribution in [2.24, 2.45) is 0 Å². The van der Waals surface area contributed by atoms with Gasteiger partial charge in [-0.05, 0) is 30.3 Å². The molecule has 2 aromatic carbocycles. The number of aromatic nitrogens is 3. The number of anilines is 3.